The molecule has 0 atom stereocenters. The number of primary sulfonamides is 1. The van der Waals surface area contributed by atoms with Gasteiger partial charge in [0.1, 0.15) is 0 Å². The first kappa shape index (κ1) is 90.2. The number of carbonyl (C=O) groups excluding carboxylic acids is 5. The second-order valence-electron chi connectivity index (χ2n) is 33.1. The molecule has 4 aliphatic rings. The second kappa shape index (κ2) is 40.3. The average molecular weight is 1850 g/mol. The van der Waals surface area contributed by atoms with E-state index >= 15 is 0 Å². The molecule has 4 saturated heterocycles. The first-order valence-corrected chi connectivity index (χ1v) is 48.2. The van der Waals surface area contributed by atoms with Crippen LogP contribution in [-0.2, 0) is 60.2 Å². The Labute approximate surface area is 773 Å². The minimum Gasteiger partial charge on any atom is -0.340 e. The van der Waals surface area contributed by atoms with Gasteiger partial charge in [-0.1, -0.05) is 24.3 Å². The number of rotatable bonds is 19. The lowest BCUT2D eigenvalue weighted by molar-refractivity contribution is -0.131. The third-order valence-electron chi connectivity index (χ3n) is 23.1. The number of amides is 5. The molecule has 30 nitrogen and oxygen atoms in total. The van der Waals surface area contributed by atoms with Crippen molar-refractivity contribution in [1.82, 2.24) is 79.5 Å². The maximum Gasteiger partial charge on any atom is 0.238 e. The second-order valence-corrected chi connectivity index (χ2v) is 39.4. The highest BCUT2D eigenvalue weighted by molar-refractivity contribution is 7.89. The van der Waals surface area contributed by atoms with E-state index in [4.69, 9.17) is 25.1 Å². The third-order valence-corrected chi connectivity index (χ3v) is 28.4. The molecule has 20 rings (SSSR count). The molecular weight excluding hydrogens is 1750 g/mol. The van der Waals surface area contributed by atoms with Gasteiger partial charge < -0.3 is 51.9 Å². The number of nitrogens with one attached hydrogen (secondary N) is 7. The molecule has 8 aromatic heterocycles. The Morgan fingerprint density at radius 2 is 0.641 bits per heavy atom. The molecule has 12 heterocycles. The van der Waals surface area contributed by atoms with E-state index in [1.54, 1.807) is 61.8 Å². The molecule has 0 aliphatic carbocycles. The van der Waals surface area contributed by atoms with Gasteiger partial charge in [0.05, 0.1) is 27.0 Å². The average Bonchev–Trinajstić information content (AvgIpc) is 1.66. The van der Waals surface area contributed by atoms with Gasteiger partial charge in [-0.3, -0.25) is 43.6 Å². The van der Waals surface area contributed by atoms with Crippen molar-refractivity contribution in [2.75, 3.05) is 137 Å². The van der Waals surface area contributed by atoms with Crippen molar-refractivity contribution >= 4 is 227 Å². The van der Waals surface area contributed by atoms with Gasteiger partial charge >= 0.3 is 0 Å². The van der Waals surface area contributed by atoms with Crippen LogP contribution in [0.15, 0.2) is 193 Å². The predicted molar refractivity (Wildman–Crippen MR) is 529 cm³/mol. The van der Waals surface area contributed by atoms with Crippen LogP contribution in [0.2, 0.25) is 0 Å². The van der Waals surface area contributed by atoms with Crippen molar-refractivity contribution in [2.24, 2.45) is 5.14 Å². The van der Waals surface area contributed by atoms with Gasteiger partial charge in [0, 0.05) is 306 Å². The monoisotopic (exact) mass is 1850 g/mol. The maximum atomic E-state index is 11.6. The topological polar surface area (TPSA) is 356 Å². The summed E-state index contributed by atoms with van der Waals surface area (Å²) in [6, 6.07) is 53.4. The molecule has 4 fully saturated rings. The highest BCUT2D eigenvalue weighted by Crippen LogP contribution is 2.39. The van der Waals surface area contributed by atoms with E-state index in [1.807, 2.05) is 111 Å². The molecule has 9 N–H and O–H groups in total. The molecule has 8 aromatic carbocycles. The summed E-state index contributed by atoms with van der Waals surface area (Å²) in [6.45, 7) is 30.0. The molecule has 0 radical (unpaired) electrons. The van der Waals surface area contributed by atoms with Crippen LogP contribution < -0.4 is 42.4 Å². The lowest BCUT2D eigenvalue weighted by atomic mass is 10.1. The van der Waals surface area contributed by atoms with Gasteiger partial charge in [-0.15, -0.1) is 45.3 Å². The van der Waals surface area contributed by atoms with Gasteiger partial charge in [0.2, 0.25) is 63.4 Å². The molecule has 131 heavy (non-hydrogen) atoms. The summed E-state index contributed by atoms with van der Waals surface area (Å²) in [4.78, 5) is 115. The minimum absolute atomic E-state index is 0.0206. The van der Waals surface area contributed by atoms with Crippen molar-refractivity contribution in [2.45, 2.75) is 79.5 Å². The van der Waals surface area contributed by atoms with Gasteiger partial charge in [0.15, 0.2) is 0 Å². The number of thiophene rings is 4. The molecule has 0 saturated carbocycles. The van der Waals surface area contributed by atoms with E-state index in [0.29, 0.717) is 35.2 Å². The van der Waals surface area contributed by atoms with E-state index in [-0.39, 0.29) is 34.4 Å². The first-order chi connectivity index (χ1) is 63.3. The number of benzene rings is 8. The summed E-state index contributed by atoms with van der Waals surface area (Å²) in [5.41, 5.74) is 10.7. The molecule has 0 spiro atoms. The van der Waals surface area contributed by atoms with Gasteiger partial charge in [-0.25, -0.2) is 53.4 Å². The van der Waals surface area contributed by atoms with Gasteiger partial charge in [0.25, 0.3) is 0 Å². The van der Waals surface area contributed by atoms with Crippen LogP contribution in [0.4, 0.5) is 57.9 Å². The van der Waals surface area contributed by atoms with E-state index in [9.17, 15) is 32.4 Å². The molecule has 0 unspecified atom stereocenters. The number of aryl methyl sites for hydroxylation is 2. The van der Waals surface area contributed by atoms with Crippen LogP contribution in [0.5, 0.6) is 0 Å². The Morgan fingerprint density at radius 3 is 0.947 bits per heavy atom. The summed E-state index contributed by atoms with van der Waals surface area (Å²) in [5.74, 6) is 2.27. The van der Waals surface area contributed by atoms with E-state index < -0.39 is 10.0 Å². The molecular formula is C96H101N23O7S5. The predicted octanol–water partition coefficient (Wildman–Crippen LogP) is 15.9. The number of anilines is 10. The SMILES string of the molecule is CC(=O)N1CCN(Cc2cc3c(ccc4cnc(Nc5cc(C)cc(C)c5)nc43)s2)CC1.CC(=O)N1CCN(Cc2cc3c(ccc4cnc(Nc5cccc(S(N)(=O)=O)c5)nc43)s2)CC1.CC(=O)Nc1cccc(Nc2ncc3ccc4sc(CN5CCN(C(C)=O)CC5)cc4c3n2)c1.CC(=O)Nc1cccc(Nc2ncc3ccc4sc(CN5CCNCC5)cc4c3n2)c1. The van der Waals surface area contributed by atoms with Crippen LogP contribution in [0.25, 0.3) is 84.0 Å². The molecule has 35 heteroatoms. The Morgan fingerprint density at radius 1 is 0.351 bits per heavy atom. The number of carbonyl (C=O) groups is 5. The molecule has 0 bridgehead atoms. The first-order valence-electron chi connectivity index (χ1n) is 43.4. The number of sulfonamides is 1. The van der Waals surface area contributed by atoms with Crippen molar-refractivity contribution < 1.29 is 32.4 Å². The lowest BCUT2D eigenvalue weighted by Crippen LogP contribution is -2.47. The standard InChI is InChI=1S/C25H26N6O2S.C25H27N5OS.C23H24N6O3S2.C23H24N6OS/c1-16(32)27-19-4-3-5-20(12-19)28-25-26-14-18-6-7-23-22(24(18)29-25)13-21(34-23)15-30-8-10-31(11-9-30)17(2)33;1-16-10-17(2)12-20(11-16)27-25-26-14-19-4-5-23-22(24(19)28-25)13-21(32-23)15-29-6-8-30(9-7-29)18(3)31;1-15(30)29-9-7-28(8-10-29)14-18-12-20-21(33-18)6-5-16-13-25-23(27-22(16)20)26-17-3-2-4-19(11-17)34(24,31)32;1-15(30)26-17-3-2-4-18(11-17)27-23-25-13-16-5-6-21-20(22(16)28-23)12-19(31-21)14-29-9-7-24-8-10-29/h3-7,12-14H,8-11,15H2,1-2H3,(H,27,32)(H,26,28,29);4-5,10-14H,6-9,15H2,1-3H3,(H,26,27,28);2-6,11-13H,7-10,14H2,1H3,(H2,24,31,32)(H,25,26,27);2-6,11-13,24H,7-10,14H2,1H3,(H,26,30)(H,25,27,28). The fourth-order valence-corrected chi connectivity index (χ4v) is 21.7. The quantitative estimate of drug-likeness (QED) is 0.0373. The highest BCUT2D eigenvalue weighted by atomic mass is 32.2. The van der Waals surface area contributed by atoms with Crippen molar-refractivity contribution in [3.8, 4) is 0 Å². The highest BCUT2D eigenvalue weighted by Gasteiger charge is 2.25. The van der Waals surface area contributed by atoms with Crippen molar-refractivity contribution in [3.63, 3.8) is 0 Å². The summed E-state index contributed by atoms with van der Waals surface area (Å²) < 4.78 is 28.1. The van der Waals surface area contributed by atoms with Crippen LogP contribution in [0, 0.1) is 13.8 Å². The third kappa shape index (κ3) is 22.8. The van der Waals surface area contributed by atoms with Crippen molar-refractivity contribution in [1.29, 1.82) is 0 Å². The number of hydrogen-bond donors (Lipinski definition) is 8. The molecule has 4 aliphatic heterocycles. The van der Waals surface area contributed by atoms with E-state index in [1.165, 1.54) is 81.5 Å². The molecule has 5 amide bonds. The van der Waals surface area contributed by atoms with Crippen LogP contribution in [-0.4, -0.2) is 217 Å². The zero-order valence-electron chi connectivity index (χ0n) is 73.7. The fourth-order valence-electron chi connectivity index (χ4n) is 16.7. The van der Waals surface area contributed by atoms with Gasteiger partial charge in [-0.05, 0) is 165 Å². The Balaban J connectivity index is 0.000000122. The number of fused-ring (bicyclic) bond motifs is 12. The normalized spacial score (nSPS) is 14.8. The van der Waals surface area contributed by atoms with Crippen molar-refractivity contribution in [3.05, 3.63) is 219 Å². The number of piperazine rings is 4. The van der Waals surface area contributed by atoms with Crippen LogP contribution in [0.1, 0.15) is 65.3 Å². The summed E-state index contributed by atoms with van der Waals surface area (Å²) in [6.07, 6.45) is 7.34. The minimum atomic E-state index is -3.80. The number of hydrogen-bond acceptors (Lipinski definition) is 28. The zero-order chi connectivity index (χ0) is 91.0. The fraction of sp³-hybridized carbons (Fsp3) is 0.281. The number of nitrogens with zero attached hydrogens (tertiary/aromatic N) is 15. The summed E-state index contributed by atoms with van der Waals surface area (Å²) >= 11 is 7.19. The van der Waals surface area contributed by atoms with E-state index in [2.05, 4.69) is 176 Å². The maximum absolute atomic E-state index is 11.6. The van der Waals surface area contributed by atoms with E-state index in [0.717, 1.165) is 213 Å². The largest absolute Gasteiger partial charge is 0.340 e. The number of aromatic nitrogens is 8. The molecule has 672 valence electrons. The Kier molecular flexibility index (Phi) is 27.7. The Bertz CT molecular complexity index is 7080. The lowest BCUT2D eigenvalue weighted by Gasteiger charge is -2.33. The van der Waals surface area contributed by atoms with Gasteiger partial charge in [-0.2, -0.15) is 0 Å². The summed E-state index contributed by atoms with van der Waals surface area (Å²) in [7, 11) is -3.80. The Hall–Kier alpha value is -12.8. The molecule has 16 aromatic rings. The van der Waals surface area contributed by atoms with Crippen LogP contribution in [0.3, 0.4) is 0 Å². The summed E-state index contributed by atoms with van der Waals surface area (Å²) in [5, 5.41) is 35.7. The smallest absolute Gasteiger partial charge is 0.238 e. The van der Waals surface area contributed by atoms with Crippen LogP contribution >= 0.6 is 45.3 Å². The zero-order valence-corrected chi connectivity index (χ0v) is 77.8. The number of nitrogens with two attached hydrogens (primary N) is 1.